The second-order valence-electron chi connectivity index (χ2n) is 5.53. The van der Waals surface area contributed by atoms with Gasteiger partial charge in [-0.15, -0.1) is 0 Å². The van der Waals surface area contributed by atoms with Crippen molar-refractivity contribution < 1.29 is 17.2 Å². The molecule has 0 unspecified atom stereocenters. The van der Waals surface area contributed by atoms with Crippen molar-refractivity contribution in [3.8, 4) is 0 Å². The number of rotatable bonds is 4. The minimum absolute atomic E-state index is 0.0175. The Balaban J connectivity index is 2.27. The monoisotopic (exact) mass is 366 g/mol. The molecule has 0 saturated heterocycles. The van der Waals surface area contributed by atoms with Crippen molar-refractivity contribution in [1.29, 1.82) is 0 Å². The topological polar surface area (TPSA) is 34.1 Å². The summed E-state index contributed by atoms with van der Waals surface area (Å²) in [6.07, 6.45) is 4.85. The molecule has 0 spiro atoms. The molecule has 1 aromatic rings. The van der Waals surface area contributed by atoms with Crippen LogP contribution >= 0.6 is 15.9 Å². The lowest BCUT2D eigenvalue weighted by atomic mass is 9.77. The highest BCUT2D eigenvalue weighted by Gasteiger charge is 2.36. The normalized spacial score (nSPS) is 18.9. The Bertz CT molecular complexity index is 581. The first kappa shape index (κ1) is 15.9. The fourth-order valence-electron chi connectivity index (χ4n) is 2.78. The average molecular weight is 367 g/mol. The Labute approximate surface area is 126 Å². The van der Waals surface area contributed by atoms with Crippen LogP contribution in [0.25, 0.3) is 0 Å². The van der Waals surface area contributed by atoms with E-state index >= 15 is 0 Å². The Hall–Kier alpha value is -0.490. The molecule has 0 atom stereocenters. The predicted octanol–water partition coefficient (Wildman–Crippen LogP) is 4.08. The highest BCUT2D eigenvalue weighted by atomic mass is 79.9. The summed E-state index contributed by atoms with van der Waals surface area (Å²) >= 11 is 3.42. The molecule has 20 heavy (non-hydrogen) atoms. The first-order chi connectivity index (χ1) is 9.38. The average Bonchev–Trinajstić information content (AvgIpc) is 2.42. The SMILES string of the molecule is O=S(=O)(CC1(CBr)CCCCC1)c1ccc(F)c(F)c1. The van der Waals surface area contributed by atoms with Gasteiger partial charge >= 0.3 is 0 Å². The molecule has 112 valence electrons. The number of sulfone groups is 1. The zero-order chi connectivity index (χ0) is 14.8. The summed E-state index contributed by atoms with van der Waals surface area (Å²) in [5, 5.41) is 0.614. The van der Waals surface area contributed by atoms with Crippen molar-refractivity contribution in [2.24, 2.45) is 5.41 Å². The van der Waals surface area contributed by atoms with Crippen molar-refractivity contribution in [3.63, 3.8) is 0 Å². The van der Waals surface area contributed by atoms with E-state index in [-0.39, 0.29) is 16.1 Å². The van der Waals surface area contributed by atoms with E-state index in [2.05, 4.69) is 15.9 Å². The van der Waals surface area contributed by atoms with Crippen molar-refractivity contribution in [2.75, 3.05) is 11.1 Å². The molecule has 1 saturated carbocycles. The molecule has 0 aliphatic heterocycles. The summed E-state index contributed by atoms with van der Waals surface area (Å²) in [5.74, 6) is -2.17. The molecular formula is C14H17BrF2O2S. The van der Waals surface area contributed by atoms with Crippen LogP contribution in [0.3, 0.4) is 0 Å². The summed E-state index contributed by atoms with van der Waals surface area (Å²) in [7, 11) is -3.61. The smallest absolute Gasteiger partial charge is 0.179 e. The molecule has 0 aromatic heterocycles. The molecule has 1 aromatic carbocycles. The standard InChI is InChI=1S/C14H17BrF2O2S/c15-9-14(6-2-1-3-7-14)10-20(18,19)11-4-5-12(16)13(17)8-11/h4-5,8H,1-3,6-7,9-10H2. The van der Waals surface area contributed by atoms with Crippen LogP contribution in [0.4, 0.5) is 8.78 Å². The third-order valence-corrected chi connectivity index (χ3v) is 7.10. The van der Waals surface area contributed by atoms with E-state index in [1.54, 1.807) is 0 Å². The van der Waals surface area contributed by atoms with E-state index < -0.39 is 21.5 Å². The van der Waals surface area contributed by atoms with E-state index in [0.29, 0.717) is 5.33 Å². The number of hydrogen-bond acceptors (Lipinski definition) is 2. The van der Waals surface area contributed by atoms with Crippen LogP contribution in [0.2, 0.25) is 0 Å². The van der Waals surface area contributed by atoms with Gasteiger partial charge in [0, 0.05) is 5.33 Å². The van der Waals surface area contributed by atoms with Gasteiger partial charge in [0.2, 0.25) is 0 Å². The van der Waals surface area contributed by atoms with E-state index in [4.69, 9.17) is 0 Å². The van der Waals surface area contributed by atoms with Crippen LogP contribution in [0.15, 0.2) is 23.1 Å². The summed E-state index contributed by atoms with van der Waals surface area (Å²) in [6, 6.07) is 2.78. The van der Waals surface area contributed by atoms with Gasteiger partial charge in [0.1, 0.15) is 0 Å². The zero-order valence-corrected chi connectivity index (χ0v) is 13.4. The molecule has 2 rings (SSSR count). The van der Waals surface area contributed by atoms with Crippen molar-refractivity contribution in [1.82, 2.24) is 0 Å². The molecule has 0 heterocycles. The van der Waals surface area contributed by atoms with Crippen LogP contribution < -0.4 is 0 Å². The van der Waals surface area contributed by atoms with Crippen LogP contribution in [0, 0.1) is 17.0 Å². The van der Waals surface area contributed by atoms with E-state index in [0.717, 1.165) is 50.3 Å². The Morgan fingerprint density at radius 1 is 1.10 bits per heavy atom. The van der Waals surface area contributed by atoms with Gasteiger partial charge in [0.15, 0.2) is 21.5 Å². The lowest BCUT2D eigenvalue weighted by Crippen LogP contribution is -2.34. The Morgan fingerprint density at radius 2 is 1.75 bits per heavy atom. The molecule has 6 heteroatoms. The van der Waals surface area contributed by atoms with Gasteiger partial charge in [-0.3, -0.25) is 0 Å². The highest BCUT2D eigenvalue weighted by Crippen LogP contribution is 2.40. The number of hydrogen-bond donors (Lipinski definition) is 0. The number of alkyl halides is 1. The van der Waals surface area contributed by atoms with Crippen LogP contribution in [0.1, 0.15) is 32.1 Å². The molecule has 0 amide bonds. The number of benzene rings is 1. The lowest BCUT2D eigenvalue weighted by Gasteiger charge is -2.35. The van der Waals surface area contributed by atoms with Crippen LogP contribution in [-0.4, -0.2) is 19.5 Å². The second-order valence-corrected chi connectivity index (χ2v) is 8.08. The zero-order valence-electron chi connectivity index (χ0n) is 11.0. The quantitative estimate of drug-likeness (QED) is 0.594. The van der Waals surface area contributed by atoms with Gasteiger partial charge in [-0.1, -0.05) is 35.2 Å². The molecule has 1 aliphatic rings. The molecule has 0 N–H and O–H groups in total. The first-order valence-electron chi connectivity index (χ1n) is 6.62. The predicted molar refractivity (Wildman–Crippen MR) is 77.7 cm³/mol. The van der Waals surface area contributed by atoms with Gasteiger partial charge in [0.25, 0.3) is 0 Å². The maximum atomic E-state index is 13.2. The van der Waals surface area contributed by atoms with Crippen LogP contribution in [0.5, 0.6) is 0 Å². The summed E-state index contributed by atoms with van der Waals surface area (Å²) in [5.41, 5.74) is -0.290. The number of halogens is 3. The van der Waals surface area contributed by atoms with E-state index in [1.807, 2.05) is 0 Å². The minimum atomic E-state index is -3.61. The summed E-state index contributed by atoms with van der Waals surface area (Å²) in [6.45, 7) is 0. The summed E-state index contributed by atoms with van der Waals surface area (Å²) < 4.78 is 51.0. The van der Waals surface area contributed by atoms with Crippen molar-refractivity contribution >= 4 is 25.8 Å². The maximum Gasteiger partial charge on any atom is 0.179 e. The third-order valence-electron chi connectivity index (χ3n) is 3.94. The van der Waals surface area contributed by atoms with Crippen molar-refractivity contribution in [3.05, 3.63) is 29.8 Å². The van der Waals surface area contributed by atoms with Gasteiger partial charge < -0.3 is 0 Å². The lowest BCUT2D eigenvalue weighted by molar-refractivity contribution is 0.256. The molecule has 1 aliphatic carbocycles. The fraction of sp³-hybridized carbons (Fsp3) is 0.571. The Morgan fingerprint density at radius 3 is 2.30 bits per heavy atom. The molecular weight excluding hydrogens is 350 g/mol. The fourth-order valence-corrected chi connectivity index (χ4v) is 5.72. The molecule has 1 fully saturated rings. The first-order valence-corrected chi connectivity index (χ1v) is 9.40. The molecule has 2 nitrogen and oxygen atoms in total. The second kappa shape index (κ2) is 6.10. The minimum Gasteiger partial charge on any atom is -0.224 e. The highest BCUT2D eigenvalue weighted by molar-refractivity contribution is 9.09. The van der Waals surface area contributed by atoms with Crippen LogP contribution in [-0.2, 0) is 9.84 Å². The van der Waals surface area contributed by atoms with E-state index in [9.17, 15) is 17.2 Å². The third kappa shape index (κ3) is 3.39. The van der Waals surface area contributed by atoms with Gasteiger partial charge in [-0.05, 0) is 36.5 Å². The maximum absolute atomic E-state index is 13.2. The van der Waals surface area contributed by atoms with E-state index in [1.165, 1.54) is 0 Å². The Kier molecular flexibility index (Phi) is 4.84. The summed E-state index contributed by atoms with van der Waals surface area (Å²) in [4.78, 5) is -0.137. The molecule has 0 radical (unpaired) electrons. The van der Waals surface area contributed by atoms with Crippen molar-refractivity contribution in [2.45, 2.75) is 37.0 Å². The largest absolute Gasteiger partial charge is 0.224 e. The van der Waals surface area contributed by atoms with Gasteiger partial charge in [-0.2, -0.15) is 0 Å². The molecule has 0 bridgehead atoms. The van der Waals surface area contributed by atoms with Gasteiger partial charge in [-0.25, -0.2) is 17.2 Å². The van der Waals surface area contributed by atoms with Gasteiger partial charge in [0.05, 0.1) is 10.6 Å².